The zero-order valence-electron chi connectivity index (χ0n) is 10.3. The first kappa shape index (κ1) is 13.1. The van der Waals surface area contributed by atoms with Crippen LogP contribution in [0.1, 0.15) is 43.0 Å². The van der Waals surface area contributed by atoms with Gasteiger partial charge in [0, 0.05) is 17.0 Å². The summed E-state index contributed by atoms with van der Waals surface area (Å²) in [6.45, 7) is 1.73. The molecule has 1 amide bonds. The molecule has 4 nitrogen and oxygen atoms in total. The van der Waals surface area contributed by atoms with E-state index >= 15 is 0 Å². The molecular weight excluding hydrogens is 250 g/mol. The minimum absolute atomic E-state index is 0.171. The highest BCUT2D eigenvalue weighted by Gasteiger charge is 2.43. The van der Waals surface area contributed by atoms with E-state index in [2.05, 4.69) is 5.32 Å². The Morgan fingerprint density at radius 3 is 2.89 bits per heavy atom. The molecule has 0 saturated heterocycles. The van der Waals surface area contributed by atoms with Gasteiger partial charge in [0.15, 0.2) is 0 Å². The Morgan fingerprint density at radius 1 is 1.50 bits per heavy atom. The highest BCUT2D eigenvalue weighted by Crippen LogP contribution is 2.36. The average molecular weight is 267 g/mol. The lowest BCUT2D eigenvalue weighted by atomic mass is 9.71. The van der Waals surface area contributed by atoms with Crippen LogP contribution in [0.2, 0.25) is 0 Å². The largest absolute Gasteiger partial charge is 0.481 e. The van der Waals surface area contributed by atoms with Crippen molar-refractivity contribution in [1.29, 1.82) is 0 Å². The van der Waals surface area contributed by atoms with Gasteiger partial charge in [0.2, 0.25) is 0 Å². The summed E-state index contributed by atoms with van der Waals surface area (Å²) in [6.07, 6.45) is 3.24. The number of nitrogens with one attached hydrogen (secondary N) is 1. The van der Waals surface area contributed by atoms with Crippen molar-refractivity contribution in [2.75, 3.05) is 0 Å². The Bertz CT molecular complexity index is 443. The fraction of sp³-hybridized carbons (Fsp3) is 0.538. The fourth-order valence-electron chi connectivity index (χ4n) is 2.46. The number of carboxylic acids is 1. The first-order valence-corrected chi connectivity index (χ1v) is 7.05. The van der Waals surface area contributed by atoms with E-state index in [9.17, 15) is 14.7 Å². The van der Waals surface area contributed by atoms with Gasteiger partial charge in [-0.05, 0) is 31.2 Å². The molecule has 0 aliphatic heterocycles. The van der Waals surface area contributed by atoms with Gasteiger partial charge in [-0.15, -0.1) is 0 Å². The van der Waals surface area contributed by atoms with E-state index in [1.807, 2.05) is 5.38 Å². The molecule has 1 aliphatic carbocycles. The van der Waals surface area contributed by atoms with Gasteiger partial charge in [0.25, 0.3) is 5.91 Å². The van der Waals surface area contributed by atoms with Crippen LogP contribution < -0.4 is 5.32 Å². The molecule has 0 bridgehead atoms. The number of amides is 1. The zero-order chi connectivity index (χ0) is 13.2. The third-order valence-corrected chi connectivity index (χ3v) is 4.47. The van der Waals surface area contributed by atoms with Crippen LogP contribution in [0.25, 0.3) is 0 Å². The molecule has 0 radical (unpaired) electrons. The smallest absolute Gasteiger partial charge is 0.311 e. The van der Waals surface area contributed by atoms with E-state index in [-0.39, 0.29) is 11.9 Å². The Kier molecular flexibility index (Phi) is 3.71. The molecule has 0 aromatic carbocycles. The number of hydrogen-bond donors (Lipinski definition) is 2. The summed E-state index contributed by atoms with van der Waals surface area (Å²) in [5, 5.41) is 15.9. The Balaban J connectivity index is 2.11. The first-order valence-electron chi connectivity index (χ1n) is 6.10. The molecule has 2 N–H and O–H groups in total. The van der Waals surface area contributed by atoms with E-state index in [0.29, 0.717) is 12.0 Å². The summed E-state index contributed by atoms with van der Waals surface area (Å²) in [4.78, 5) is 23.4. The normalized spacial score (nSPS) is 27.7. The summed E-state index contributed by atoms with van der Waals surface area (Å²) in [5.41, 5.74) is -0.234. The third-order valence-electron chi connectivity index (χ3n) is 3.79. The van der Waals surface area contributed by atoms with Gasteiger partial charge in [0.05, 0.1) is 5.41 Å². The predicted molar refractivity (Wildman–Crippen MR) is 69.8 cm³/mol. The molecule has 5 heteroatoms. The lowest BCUT2D eigenvalue weighted by molar-refractivity contribution is -0.151. The first-order chi connectivity index (χ1) is 8.54. The van der Waals surface area contributed by atoms with Gasteiger partial charge in [0.1, 0.15) is 0 Å². The molecule has 0 spiro atoms. The number of thiophene rings is 1. The van der Waals surface area contributed by atoms with Gasteiger partial charge in [-0.3, -0.25) is 9.59 Å². The molecule has 1 aromatic rings. The molecule has 1 fully saturated rings. The average Bonchev–Trinajstić information content (AvgIpc) is 2.85. The quantitative estimate of drug-likeness (QED) is 0.884. The highest BCUT2D eigenvalue weighted by molar-refractivity contribution is 7.08. The molecule has 2 rings (SSSR count). The number of hydrogen-bond acceptors (Lipinski definition) is 3. The van der Waals surface area contributed by atoms with Crippen molar-refractivity contribution in [1.82, 2.24) is 5.32 Å². The van der Waals surface area contributed by atoms with Gasteiger partial charge < -0.3 is 10.4 Å². The van der Waals surface area contributed by atoms with Crippen LogP contribution in [-0.2, 0) is 4.79 Å². The van der Waals surface area contributed by atoms with Crippen LogP contribution in [0.15, 0.2) is 16.8 Å². The van der Waals surface area contributed by atoms with Gasteiger partial charge >= 0.3 is 5.97 Å². The second-order valence-electron chi connectivity index (χ2n) is 5.01. The Hall–Kier alpha value is -1.36. The second-order valence-corrected chi connectivity index (χ2v) is 5.79. The standard InChI is InChI=1S/C13H17NO3S/c1-13(12(16)17)6-3-2-4-10(13)14-11(15)9-5-7-18-8-9/h5,7-8,10H,2-4,6H2,1H3,(H,14,15)(H,16,17). The van der Waals surface area contributed by atoms with Crippen LogP contribution in [0.3, 0.4) is 0 Å². The molecule has 2 atom stereocenters. The number of rotatable bonds is 3. The lowest BCUT2D eigenvalue weighted by Crippen LogP contribution is -2.52. The molecule has 1 aromatic heterocycles. The van der Waals surface area contributed by atoms with Crippen molar-refractivity contribution >= 4 is 23.2 Å². The summed E-state index contributed by atoms with van der Waals surface area (Å²) in [7, 11) is 0. The number of carbonyl (C=O) groups is 2. The van der Waals surface area contributed by atoms with Crippen molar-refractivity contribution < 1.29 is 14.7 Å². The topological polar surface area (TPSA) is 66.4 Å². The van der Waals surface area contributed by atoms with Crippen LogP contribution in [0.4, 0.5) is 0 Å². The van der Waals surface area contributed by atoms with E-state index in [1.165, 1.54) is 11.3 Å². The van der Waals surface area contributed by atoms with Crippen molar-refractivity contribution in [3.8, 4) is 0 Å². The van der Waals surface area contributed by atoms with Crippen LogP contribution in [-0.4, -0.2) is 23.0 Å². The Morgan fingerprint density at radius 2 is 2.28 bits per heavy atom. The Labute approximate surface area is 110 Å². The van der Waals surface area contributed by atoms with Crippen molar-refractivity contribution in [3.05, 3.63) is 22.4 Å². The van der Waals surface area contributed by atoms with Crippen LogP contribution >= 0.6 is 11.3 Å². The second kappa shape index (κ2) is 5.10. The number of carboxylic acid groups (broad SMARTS) is 1. The summed E-state index contributed by atoms with van der Waals surface area (Å²) >= 11 is 1.46. The lowest BCUT2D eigenvalue weighted by Gasteiger charge is -2.38. The van der Waals surface area contributed by atoms with E-state index < -0.39 is 11.4 Å². The minimum atomic E-state index is -0.843. The van der Waals surface area contributed by atoms with E-state index in [4.69, 9.17) is 0 Å². The monoisotopic (exact) mass is 267 g/mol. The maximum Gasteiger partial charge on any atom is 0.311 e. The number of aliphatic carboxylic acids is 1. The summed E-state index contributed by atoms with van der Waals surface area (Å²) in [5.74, 6) is -0.992. The molecule has 2 unspecified atom stereocenters. The predicted octanol–water partition coefficient (Wildman–Crippen LogP) is 2.51. The molecule has 1 aliphatic rings. The summed E-state index contributed by atoms with van der Waals surface area (Å²) < 4.78 is 0. The van der Waals surface area contributed by atoms with Crippen LogP contribution in [0, 0.1) is 5.41 Å². The number of carbonyl (C=O) groups excluding carboxylic acids is 1. The van der Waals surface area contributed by atoms with E-state index in [0.717, 1.165) is 19.3 Å². The van der Waals surface area contributed by atoms with Crippen molar-refractivity contribution in [3.63, 3.8) is 0 Å². The molecule has 18 heavy (non-hydrogen) atoms. The molecule has 1 heterocycles. The molecular formula is C13H17NO3S. The van der Waals surface area contributed by atoms with Crippen molar-refractivity contribution in [2.45, 2.75) is 38.6 Å². The van der Waals surface area contributed by atoms with Crippen molar-refractivity contribution in [2.24, 2.45) is 5.41 Å². The van der Waals surface area contributed by atoms with Gasteiger partial charge in [-0.2, -0.15) is 11.3 Å². The summed E-state index contributed by atoms with van der Waals surface area (Å²) in [6, 6.07) is 1.47. The fourth-order valence-corrected chi connectivity index (χ4v) is 3.09. The third kappa shape index (κ3) is 2.41. The molecule has 1 saturated carbocycles. The minimum Gasteiger partial charge on any atom is -0.481 e. The highest BCUT2D eigenvalue weighted by atomic mass is 32.1. The zero-order valence-corrected chi connectivity index (χ0v) is 11.1. The van der Waals surface area contributed by atoms with Gasteiger partial charge in [-0.1, -0.05) is 12.8 Å². The maximum absolute atomic E-state index is 12.0. The molecule has 98 valence electrons. The maximum atomic E-state index is 12.0. The van der Waals surface area contributed by atoms with E-state index in [1.54, 1.807) is 18.4 Å². The van der Waals surface area contributed by atoms with Gasteiger partial charge in [-0.25, -0.2) is 0 Å². The van der Waals surface area contributed by atoms with Crippen LogP contribution in [0.5, 0.6) is 0 Å². The SMILES string of the molecule is CC1(C(=O)O)CCCCC1NC(=O)c1ccsc1.